The number of hydrogen-bond acceptors (Lipinski definition) is 6. The van der Waals surface area contributed by atoms with Gasteiger partial charge in [-0.1, -0.05) is 31.2 Å². The van der Waals surface area contributed by atoms with Gasteiger partial charge in [0.05, 0.1) is 11.9 Å². The van der Waals surface area contributed by atoms with Crippen molar-refractivity contribution in [2.24, 2.45) is 0 Å². The number of nitrogens with zero attached hydrogens (tertiary/aromatic N) is 3. The Morgan fingerprint density at radius 2 is 1.93 bits per heavy atom. The molecule has 0 aliphatic heterocycles. The molecule has 1 aromatic carbocycles. The average Bonchev–Trinajstić information content (AvgIpc) is 3.21. The second-order valence-electron chi connectivity index (χ2n) is 6.33. The van der Waals surface area contributed by atoms with E-state index in [-0.39, 0.29) is 23.8 Å². The summed E-state index contributed by atoms with van der Waals surface area (Å²) in [6.07, 6.45) is 0.700. The lowest BCUT2D eigenvalue weighted by molar-refractivity contribution is -0.133. The molecule has 0 aliphatic carbocycles. The molecule has 0 fully saturated rings. The Morgan fingerprint density at radius 1 is 1.18 bits per heavy atom. The molecule has 3 rings (SSSR count). The summed E-state index contributed by atoms with van der Waals surface area (Å²) in [5, 5.41) is 6.94. The van der Waals surface area contributed by atoms with Crippen LogP contribution in [0.4, 0.5) is 0 Å². The van der Waals surface area contributed by atoms with E-state index in [1.807, 2.05) is 24.4 Å². The number of ether oxygens (including phenoxy) is 1. The number of carbonyl (C=O) groups is 2. The Bertz CT molecular complexity index is 1040. The van der Waals surface area contributed by atoms with Gasteiger partial charge < -0.3 is 9.64 Å². The predicted molar refractivity (Wildman–Crippen MR) is 107 cm³/mol. The Kier molecular flexibility index (Phi) is 6.20. The van der Waals surface area contributed by atoms with Gasteiger partial charge in [0.1, 0.15) is 0 Å². The van der Waals surface area contributed by atoms with Crippen LogP contribution in [0.25, 0.3) is 10.8 Å². The first-order valence-corrected chi connectivity index (χ1v) is 9.82. The van der Waals surface area contributed by atoms with E-state index in [0.717, 1.165) is 4.88 Å². The number of carbonyl (C=O) groups excluding carboxylic acids is 2. The van der Waals surface area contributed by atoms with Crippen LogP contribution in [0.3, 0.4) is 0 Å². The normalized spacial score (nSPS) is 10.8. The van der Waals surface area contributed by atoms with Gasteiger partial charge in [0.25, 0.3) is 11.5 Å². The van der Waals surface area contributed by atoms with Gasteiger partial charge in [0.2, 0.25) is 0 Å². The van der Waals surface area contributed by atoms with E-state index in [9.17, 15) is 14.4 Å². The van der Waals surface area contributed by atoms with E-state index in [1.54, 1.807) is 42.6 Å². The number of aryl methyl sites for hydroxylation is 1. The fourth-order valence-electron chi connectivity index (χ4n) is 2.78. The number of likely N-dealkylation sites (N-methyl/N-ethyl adjacent to an activating group) is 1. The fourth-order valence-corrected chi connectivity index (χ4v) is 3.54. The van der Waals surface area contributed by atoms with Crippen molar-refractivity contribution < 1.29 is 14.3 Å². The van der Waals surface area contributed by atoms with Gasteiger partial charge in [-0.05, 0) is 23.9 Å². The van der Waals surface area contributed by atoms with E-state index in [0.29, 0.717) is 30.3 Å². The number of amides is 1. The van der Waals surface area contributed by atoms with Crippen molar-refractivity contribution in [2.45, 2.75) is 26.4 Å². The SMILES string of the molecule is CCCn1nc(C(=O)OCC(=O)N(C)Cc2cccs2)c2ccccc2c1=O. The van der Waals surface area contributed by atoms with E-state index < -0.39 is 5.97 Å². The third kappa shape index (κ3) is 4.28. The number of rotatable bonds is 7. The van der Waals surface area contributed by atoms with Crippen LogP contribution in [0.5, 0.6) is 0 Å². The minimum absolute atomic E-state index is 0.0392. The number of thiophene rings is 1. The summed E-state index contributed by atoms with van der Waals surface area (Å²) in [5.74, 6) is -1.04. The molecule has 2 aromatic heterocycles. The summed E-state index contributed by atoms with van der Waals surface area (Å²) >= 11 is 1.55. The van der Waals surface area contributed by atoms with Crippen molar-refractivity contribution in [1.29, 1.82) is 0 Å². The lowest BCUT2D eigenvalue weighted by Gasteiger charge is -2.16. The fraction of sp³-hybridized carbons (Fsp3) is 0.300. The maximum absolute atomic E-state index is 12.6. The topological polar surface area (TPSA) is 81.5 Å². The molecule has 2 heterocycles. The van der Waals surface area contributed by atoms with Crippen LogP contribution in [0.15, 0.2) is 46.6 Å². The lowest BCUT2D eigenvalue weighted by Crippen LogP contribution is -2.31. The molecule has 8 heteroatoms. The highest BCUT2D eigenvalue weighted by atomic mass is 32.1. The predicted octanol–water partition coefficient (Wildman–Crippen LogP) is 2.68. The number of aromatic nitrogens is 2. The van der Waals surface area contributed by atoms with Crippen molar-refractivity contribution in [2.75, 3.05) is 13.7 Å². The summed E-state index contributed by atoms with van der Waals surface area (Å²) in [5.41, 5.74) is -0.210. The summed E-state index contributed by atoms with van der Waals surface area (Å²) in [6.45, 7) is 2.38. The Balaban J connectivity index is 1.77. The van der Waals surface area contributed by atoms with Gasteiger partial charge in [-0.25, -0.2) is 9.48 Å². The van der Waals surface area contributed by atoms with Gasteiger partial charge >= 0.3 is 5.97 Å². The van der Waals surface area contributed by atoms with Crippen LogP contribution in [0.1, 0.15) is 28.7 Å². The minimum Gasteiger partial charge on any atom is -0.451 e. The van der Waals surface area contributed by atoms with Crippen molar-refractivity contribution in [3.8, 4) is 0 Å². The van der Waals surface area contributed by atoms with Gasteiger partial charge in [-0.15, -0.1) is 11.3 Å². The molecule has 0 spiro atoms. The third-order valence-electron chi connectivity index (χ3n) is 4.22. The molecular weight excluding hydrogens is 378 g/mol. The maximum atomic E-state index is 12.6. The molecule has 7 nitrogen and oxygen atoms in total. The zero-order valence-electron chi connectivity index (χ0n) is 15.8. The van der Waals surface area contributed by atoms with Crippen molar-refractivity contribution in [3.63, 3.8) is 0 Å². The Hall–Kier alpha value is -3.00. The molecule has 3 aromatic rings. The lowest BCUT2D eigenvalue weighted by atomic mass is 10.1. The highest BCUT2D eigenvalue weighted by Gasteiger charge is 2.20. The zero-order chi connectivity index (χ0) is 20.1. The smallest absolute Gasteiger partial charge is 0.359 e. The Labute approximate surface area is 166 Å². The van der Waals surface area contributed by atoms with Gasteiger partial charge in [0, 0.05) is 23.9 Å². The van der Waals surface area contributed by atoms with E-state index in [4.69, 9.17) is 4.74 Å². The largest absolute Gasteiger partial charge is 0.451 e. The first-order chi connectivity index (χ1) is 13.5. The van der Waals surface area contributed by atoms with E-state index >= 15 is 0 Å². The molecule has 0 saturated heterocycles. The molecular formula is C20H21N3O4S. The molecule has 0 bridgehead atoms. The third-order valence-corrected chi connectivity index (χ3v) is 5.08. The van der Waals surface area contributed by atoms with Crippen LogP contribution in [-0.4, -0.2) is 40.2 Å². The van der Waals surface area contributed by atoms with Crippen LogP contribution >= 0.6 is 11.3 Å². The quantitative estimate of drug-likeness (QED) is 0.571. The second kappa shape index (κ2) is 8.79. The standard InChI is InChI=1S/C20H21N3O4S/c1-3-10-23-19(25)16-9-5-4-8-15(16)18(21-23)20(26)27-13-17(24)22(2)12-14-7-6-11-28-14/h4-9,11H,3,10,12-13H2,1-2H3. The monoisotopic (exact) mass is 399 g/mol. The molecule has 0 saturated carbocycles. The molecule has 0 aliphatic rings. The highest BCUT2D eigenvalue weighted by Crippen LogP contribution is 2.15. The molecule has 0 N–H and O–H groups in total. The van der Waals surface area contributed by atoms with Crippen LogP contribution < -0.4 is 5.56 Å². The number of benzene rings is 1. The van der Waals surface area contributed by atoms with Gasteiger partial charge in [-0.3, -0.25) is 9.59 Å². The molecule has 0 atom stereocenters. The molecule has 0 unspecified atom stereocenters. The van der Waals surface area contributed by atoms with E-state index in [2.05, 4.69) is 5.10 Å². The number of hydrogen-bond donors (Lipinski definition) is 0. The summed E-state index contributed by atoms with van der Waals surface area (Å²) in [4.78, 5) is 39.9. The van der Waals surface area contributed by atoms with Crippen LogP contribution in [-0.2, 0) is 22.6 Å². The number of fused-ring (bicyclic) bond motifs is 1. The molecule has 1 amide bonds. The Morgan fingerprint density at radius 3 is 2.61 bits per heavy atom. The van der Waals surface area contributed by atoms with Gasteiger partial charge in [-0.2, -0.15) is 5.10 Å². The van der Waals surface area contributed by atoms with Crippen molar-refractivity contribution in [3.05, 3.63) is 62.7 Å². The molecule has 146 valence electrons. The number of esters is 1. The highest BCUT2D eigenvalue weighted by molar-refractivity contribution is 7.09. The average molecular weight is 399 g/mol. The van der Waals surface area contributed by atoms with Crippen molar-refractivity contribution in [1.82, 2.24) is 14.7 Å². The first-order valence-electron chi connectivity index (χ1n) is 8.94. The molecule has 28 heavy (non-hydrogen) atoms. The van der Waals surface area contributed by atoms with Crippen LogP contribution in [0, 0.1) is 0 Å². The van der Waals surface area contributed by atoms with Crippen molar-refractivity contribution >= 4 is 34.0 Å². The maximum Gasteiger partial charge on any atom is 0.359 e. The zero-order valence-corrected chi connectivity index (χ0v) is 16.6. The molecule has 0 radical (unpaired) electrons. The first kappa shape index (κ1) is 19.8. The summed E-state index contributed by atoms with van der Waals surface area (Å²) < 4.78 is 6.47. The van der Waals surface area contributed by atoms with Crippen LogP contribution in [0.2, 0.25) is 0 Å². The minimum atomic E-state index is -0.723. The van der Waals surface area contributed by atoms with E-state index in [1.165, 1.54) is 9.58 Å². The second-order valence-corrected chi connectivity index (χ2v) is 7.36. The summed E-state index contributed by atoms with van der Waals surface area (Å²) in [6, 6.07) is 10.6. The van der Waals surface area contributed by atoms with Gasteiger partial charge in [0.15, 0.2) is 12.3 Å². The summed E-state index contributed by atoms with van der Waals surface area (Å²) in [7, 11) is 1.66.